The Bertz CT molecular complexity index is 653. The topological polar surface area (TPSA) is 83.5 Å². The first kappa shape index (κ1) is 19.9. The molecule has 140 valence electrons. The molecule has 0 unspecified atom stereocenters. The van der Waals surface area contributed by atoms with E-state index in [1.807, 2.05) is 49.4 Å². The lowest BCUT2D eigenvalue weighted by Gasteiger charge is -2.19. The van der Waals surface area contributed by atoms with E-state index in [0.717, 1.165) is 12.0 Å². The standard InChI is InChI=1S/C21H27NO4/c1-2-3-5-10-17-16(11-12-19(17)23)14-20(24)22-18(21(25)26)13-15-8-6-4-7-9-15/h3-9,16-18H,2,10-14H2,1H3,(H,22,24)(H,25,26)/b5-3-/t16-,17-,18-/m1/s1. The summed E-state index contributed by atoms with van der Waals surface area (Å²) >= 11 is 0. The third-order valence-electron chi connectivity index (χ3n) is 4.90. The second-order valence-corrected chi connectivity index (χ2v) is 6.84. The highest BCUT2D eigenvalue weighted by Crippen LogP contribution is 2.34. The first-order valence-electron chi connectivity index (χ1n) is 9.25. The maximum Gasteiger partial charge on any atom is 0.326 e. The second-order valence-electron chi connectivity index (χ2n) is 6.84. The Kier molecular flexibility index (Phi) is 7.57. The van der Waals surface area contributed by atoms with E-state index in [2.05, 4.69) is 5.32 Å². The molecule has 26 heavy (non-hydrogen) atoms. The number of allylic oxidation sites excluding steroid dienone is 2. The molecular formula is C21H27NO4. The third-order valence-corrected chi connectivity index (χ3v) is 4.90. The van der Waals surface area contributed by atoms with Crippen molar-refractivity contribution in [3.8, 4) is 0 Å². The van der Waals surface area contributed by atoms with Gasteiger partial charge in [-0.3, -0.25) is 9.59 Å². The van der Waals surface area contributed by atoms with Crippen LogP contribution in [-0.2, 0) is 20.8 Å². The molecule has 0 aromatic heterocycles. The van der Waals surface area contributed by atoms with Gasteiger partial charge in [-0.25, -0.2) is 4.79 Å². The van der Waals surface area contributed by atoms with Gasteiger partial charge >= 0.3 is 5.97 Å². The van der Waals surface area contributed by atoms with Crippen molar-refractivity contribution in [2.45, 2.75) is 51.5 Å². The van der Waals surface area contributed by atoms with Crippen molar-refractivity contribution in [3.05, 3.63) is 48.0 Å². The van der Waals surface area contributed by atoms with E-state index in [1.165, 1.54) is 0 Å². The fourth-order valence-corrected chi connectivity index (χ4v) is 3.50. The quantitative estimate of drug-likeness (QED) is 0.665. The van der Waals surface area contributed by atoms with Crippen molar-refractivity contribution in [1.29, 1.82) is 0 Å². The van der Waals surface area contributed by atoms with E-state index in [1.54, 1.807) is 0 Å². The van der Waals surface area contributed by atoms with E-state index in [9.17, 15) is 19.5 Å². The van der Waals surface area contributed by atoms with Crippen molar-refractivity contribution in [1.82, 2.24) is 5.32 Å². The highest BCUT2D eigenvalue weighted by Gasteiger charge is 2.35. The van der Waals surface area contributed by atoms with Crippen molar-refractivity contribution in [3.63, 3.8) is 0 Å². The van der Waals surface area contributed by atoms with E-state index in [4.69, 9.17) is 0 Å². The monoisotopic (exact) mass is 357 g/mol. The van der Waals surface area contributed by atoms with Crippen LogP contribution in [-0.4, -0.2) is 28.8 Å². The normalized spacial score (nSPS) is 21.0. The van der Waals surface area contributed by atoms with Gasteiger partial charge in [0.1, 0.15) is 11.8 Å². The number of Topliss-reactive ketones (excluding diaryl/α,β-unsaturated/α-hetero) is 1. The molecule has 1 fully saturated rings. The Morgan fingerprint density at radius 2 is 2.00 bits per heavy atom. The Balaban J connectivity index is 1.93. The highest BCUT2D eigenvalue weighted by atomic mass is 16.4. The summed E-state index contributed by atoms with van der Waals surface area (Å²) in [5, 5.41) is 12.0. The molecule has 2 rings (SSSR count). The molecular weight excluding hydrogens is 330 g/mol. The van der Waals surface area contributed by atoms with E-state index >= 15 is 0 Å². The summed E-state index contributed by atoms with van der Waals surface area (Å²) in [7, 11) is 0. The zero-order chi connectivity index (χ0) is 18.9. The van der Waals surface area contributed by atoms with Gasteiger partial charge in [0.15, 0.2) is 0 Å². The van der Waals surface area contributed by atoms with Crippen molar-refractivity contribution in [2.75, 3.05) is 0 Å². The molecule has 2 N–H and O–H groups in total. The van der Waals surface area contributed by atoms with Crippen LogP contribution < -0.4 is 5.32 Å². The van der Waals surface area contributed by atoms with Crippen LogP contribution in [0.1, 0.15) is 44.6 Å². The fraction of sp³-hybridized carbons (Fsp3) is 0.476. The molecule has 3 atom stereocenters. The predicted octanol–water partition coefficient (Wildman–Crippen LogP) is 3.14. The molecule has 1 aromatic carbocycles. The average Bonchev–Trinajstić information content (AvgIpc) is 2.95. The lowest BCUT2D eigenvalue weighted by Crippen LogP contribution is -2.43. The zero-order valence-corrected chi connectivity index (χ0v) is 15.2. The maximum absolute atomic E-state index is 12.4. The molecule has 1 aliphatic rings. The van der Waals surface area contributed by atoms with Crippen molar-refractivity contribution >= 4 is 17.7 Å². The fourth-order valence-electron chi connectivity index (χ4n) is 3.50. The Morgan fingerprint density at radius 3 is 2.65 bits per heavy atom. The number of amides is 1. The van der Waals surface area contributed by atoms with Crippen molar-refractivity contribution < 1.29 is 19.5 Å². The van der Waals surface area contributed by atoms with Crippen molar-refractivity contribution in [2.24, 2.45) is 11.8 Å². The van der Waals surface area contributed by atoms with Gasteiger partial charge in [-0.05, 0) is 30.7 Å². The lowest BCUT2D eigenvalue weighted by molar-refractivity contribution is -0.142. The number of carbonyl (C=O) groups is 3. The summed E-state index contributed by atoms with van der Waals surface area (Å²) < 4.78 is 0. The van der Waals surface area contributed by atoms with Gasteiger partial charge < -0.3 is 10.4 Å². The second kappa shape index (κ2) is 9.90. The van der Waals surface area contributed by atoms with E-state index < -0.39 is 12.0 Å². The van der Waals surface area contributed by atoms with Gasteiger partial charge in [0.2, 0.25) is 5.91 Å². The molecule has 1 aromatic rings. The third kappa shape index (κ3) is 5.83. The number of ketones is 1. The van der Waals surface area contributed by atoms with Crippen LogP contribution in [0.15, 0.2) is 42.5 Å². The summed E-state index contributed by atoms with van der Waals surface area (Å²) in [5.74, 6) is -1.26. The molecule has 5 heteroatoms. The summed E-state index contributed by atoms with van der Waals surface area (Å²) in [6.07, 6.45) is 7.28. The first-order chi connectivity index (χ1) is 12.5. The van der Waals surface area contributed by atoms with Gasteiger partial charge in [0.05, 0.1) is 0 Å². The van der Waals surface area contributed by atoms with Crippen LogP contribution in [0.3, 0.4) is 0 Å². The largest absolute Gasteiger partial charge is 0.480 e. The zero-order valence-electron chi connectivity index (χ0n) is 15.2. The van der Waals surface area contributed by atoms with Gasteiger partial charge in [-0.1, -0.05) is 49.4 Å². The van der Waals surface area contributed by atoms with Gasteiger partial charge in [-0.15, -0.1) is 0 Å². The number of hydrogen-bond donors (Lipinski definition) is 2. The lowest BCUT2D eigenvalue weighted by atomic mass is 9.89. The van der Waals surface area contributed by atoms with Gasteiger partial charge in [-0.2, -0.15) is 0 Å². The molecule has 0 spiro atoms. The van der Waals surface area contributed by atoms with Gasteiger partial charge in [0, 0.05) is 25.2 Å². The number of aliphatic carboxylic acids is 1. The van der Waals surface area contributed by atoms with Gasteiger partial charge in [0.25, 0.3) is 0 Å². The number of carboxylic acids is 1. The van der Waals surface area contributed by atoms with Crippen LogP contribution in [0.2, 0.25) is 0 Å². The summed E-state index contributed by atoms with van der Waals surface area (Å²) in [6, 6.07) is 8.27. The number of carbonyl (C=O) groups excluding carboxylic acids is 2. The van der Waals surface area contributed by atoms with E-state index in [-0.39, 0.29) is 36.4 Å². The Morgan fingerprint density at radius 1 is 1.27 bits per heavy atom. The Labute approximate surface area is 154 Å². The number of nitrogens with one attached hydrogen (secondary N) is 1. The minimum atomic E-state index is -1.05. The number of carboxylic acid groups (broad SMARTS) is 1. The number of rotatable bonds is 9. The molecule has 0 bridgehead atoms. The summed E-state index contributed by atoms with van der Waals surface area (Å²) in [5.41, 5.74) is 0.860. The smallest absolute Gasteiger partial charge is 0.326 e. The SMILES string of the molecule is CC/C=C\C[C@H]1C(=O)CC[C@@H]1CC(=O)N[C@H](Cc1ccccc1)C(=O)O. The molecule has 0 aliphatic heterocycles. The number of hydrogen-bond acceptors (Lipinski definition) is 3. The molecule has 1 aliphatic carbocycles. The van der Waals surface area contributed by atoms with E-state index in [0.29, 0.717) is 19.3 Å². The molecule has 1 amide bonds. The maximum atomic E-state index is 12.4. The van der Waals surface area contributed by atoms with Crippen LogP contribution in [0, 0.1) is 11.8 Å². The summed E-state index contributed by atoms with van der Waals surface area (Å²) in [6.45, 7) is 2.04. The number of benzene rings is 1. The molecule has 0 saturated heterocycles. The van der Waals surface area contributed by atoms with Crippen LogP contribution in [0.25, 0.3) is 0 Å². The minimum absolute atomic E-state index is 0.00447. The molecule has 5 nitrogen and oxygen atoms in total. The average molecular weight is 357 g/mol. The predicted molar refractivity (Wildman–Crippen MR) is 99.6 cm³/mol. The Hall–Kier alpha value is -2.43. The molecule has 0 radical (unpaired) electrons. The first-order valence-corrected chi connectivity index (χ1v) is 9.25. The molecule has 1 saturated carbocycles. The van der Waals surface area contributed by atoms with Crippen LogP contribution >= 0.6 is 0 Å². The molecule has 0 heterocycles. The highest BCUT2D eigenvalue weighted by molar-refractivity contribution is 5.87. The summed E-state index contributed by atoms with van der Waals surface area (Å²) in [4.78, 5) is 35.9. The van der Waals surface area contributed by atoms with Crippen LogP contribution in [0.5, 0.6) is 0 Å². The van der Waals surface area contributed by atoms with Crippen LogP contribution in [0.4, 0.5) is 0 Å². The minimum Gasteiger partial charge on any atom is -0.480 e.